The number of anilines is 1. The average molecular weight is 386 g/mol. The van der Waals surface area contributed by atoms with Crippen molar-refractivity contribution in [2.24, 2.45) is 5.73 Å². The van der Waals surface area contributed by atoms with Crippen molar-refractivity contribution in [2.75, 3.05) is 5.32 Å². The SMILES string of the molecule is Cc1c(C(N)=O)sc(NC(=O)c2ccnn2C(F)F)c1C(=O)OC(C)C. The highest BCUT2D eigenvalue weighted by atomic mass is 32.1. The van der Waals surface area contributed by atoms with Crippen molar-refractivity contribution in [2.45, 2.75) is 33.4 Å². The Labute approximate surface area is 150 Å². The Morgan fingerprint density at radius 2 is 2.00 bits per heavy atom. The van der Waals surface area contributed by atoms with Gasteiger partial charge >= 0.3 is 12.5 Å². The van der Waals surface area contributed by atoms with Gasteiger partial charge in [0, 0.05) is 6.20 Å². The van der Waals surface area contributed by atoms with Crippen molar-refractivity contribution in [1.29, 1.82) is 0 Å². The third-order valence-electron chi connectivity index (χ3n) is 3.23. The number of carbonyl (C=O) groups excluding carboxylic acids is 3. The van der Waals surface area contributed by atoms with Gasteiger partial charge < -0.3 is 15.8 Å². The summed E-state index contributed by atoms with van der Waals surface area (Å²) < 4.78 is 31.1. The monoisotopic (exact) mass is 386 g/mol. The van der Waals surface area contributed by atoms with Gasteiger partial charge in [0.1, 0.15) is 10.7 Å². The predicted octanol–water partition coefficient (Wildman–Crippen LogP) is 2.56. The van der Waals surface area contributed by atoms with Crippen LogP contribution in [0.25, 0.3) is 0 Å². The van der Waals surface area contributed by atoms with E-state index in [0.29, 0.717) is 0 Å². The van der Waals surface area contributed by atoms with Crippen molar-refractivity contribution >= 4 is 34.1 Å². The molecule has 0 saturated carbocycles. The van der Waals surface area contributed by atoms with Crippen molar-refractivity contribution < 1.29 is 27.9 Å². The number of primary amides is 1. The Morgan fingerprint density at radius 3 is 2.54 bits per heavy atom. The Hall–Kier alpha value is -2.82. The summed E-state index contributed by atoms with van der Waals surface area (Å²) in [6.45, 7) is 1.73. The number of nitrogens with zero attached hydrogens (tertiary/aromatic N) is 2. The van der Waals surface area contributed by atoms with E-state index in [1.807, 2.05) is 0 Å². The van der Waals surface area contributed by atoms with E-state index in [1.54, 1.807) is 13.8 Å². The van der Waals surface area contributed by atoms with Crippen LogP contribution in [-0.2, 0) is 4.74 Å². The minimum Gasteiger partial charge on any atom is -0.459 e. The smallest absolute Gasteiger partial charge is 0.341 e. The maximum Gasteiger partial charge on any atom is 0.341 e. The van der Waals surface area contributed by atoms with Crippen molar-refractivity contribution in [3.05, 3.63) is 34.0 Å². The molecule has 0 aliphatic heterocycles. The molecule has 0 bridgehead atoms. The summed E-state index contributed by atoms with van der Waals surface area (Å²) in [6.07, 6.45) is 0.603. The van der Waals surface area contributed by atoms with E-state index in [2.05, 4.69) is 10.4 Å². The topological polar surface area (TPSA) is 116 Å². The van der Waals surface area contributed by atoms with Gasteiger partial charge in [0.2, 0.25) is 0 Å². The van der Waals surface area contributed by atoms with Crippen LogP contribution in [0, 0.1) is 6.92 Å². The summed E-state index contributed by atoms with van der Waals surface area (Å²) in [5, 5.41) is 5.71. The molecule has 0 saturated heterocycles. The summed E-state index contributed by atoms with van der Waals surface area (Å²) in [5.41, 5.74) is 5.07. The lowest BCUT2D eigenvalue weighted by molar-refractivity contribution is 0.0378. The van der Waals surface area contributed by atoms with Crippen LogP contribution in [0.2, 0.25) is 0 Å². The van der Waals surface area contributed by atoms with Gasteiger partial charge in [-0.3, -0.25) is 9.59 Å². The maximum absolute atomic E-state index is 12.9. The van der Waals surface area contributed by atoms with Gasteiger partial charge in [-0.25, -0.2) is 4.79 Å². The predicted molar refractivity (Wildman–Crippen MR) is 89.6 cm³/mol. The normalized spacial score (nSPS) is 11.0. The first-order valence-electron chi connectivity index (χ1n) is 7.40. The molecule has 2 aromatic rings. The fraction of sp³-hybridized carbons (Fsp3) is 0.333. The molecule has 0 radical (unpaired) electrons. The van der Waals surface area contributed by atoms with Crippen LogP contribution in [0.4, 0.5) is 13.8 Å². The summed E-state index contributed by atoms with van der Waals surface area (Å²) in [4.78, 5) is 36.2. The highest BCUT2D eigenvalue weighted by molar-refractivity contribution is 7.18. The first-order chi connectivity index (χ1) is 12.1. The molecule has 0 aliphatic rings. The van der Waals surface area contributed by atoms with Gasteiger partial charge in [0.05, 0.1) is 16.5 Å². The van der Waals surface area contributed by atoms with E-state index in [0.717, 1.165) is 23.6 Å². The van der Waals surface area contributed by atoms with Crippen LogP contribution in [0.3, 0.4) is 0 Å². The van der Waals surface area contributed by atoms with Gasteiger partial charge in [-0.1, -0.05) is 0 Å². The molecule has 2 rings (SSSR count). The second-order valence-electron chi connectivity index (χ2n) is 5.47. The number of hydrogen-bond donors (Lipinski definition) is 2. The molecule has 0 spiro atoms. The van der Waals surface area contributed by atoms with Crippen molar-refractivity contribution in [3.63, 3.8) is 0 Å². The maximum atomic E-state index is 12.9. The van der Waals surface area contributed by atoms with E-state index in [-0.39, 0.29) is 25.7 Å². The lowest BCUT2D eigenvalue weighted by Gasteiger charge is -2.11. The summed E-state index contributed by atoms with van der Waals surface area (Å²) in [6, 6.07) is 1.10. The van der Waals surface area contributed by atoms with Gasteiger partial charge in [-0.15, -0.1) is 11.3 Å². The van der Waals surface area contributed by atoms with Crippen LogP contribution in [0.1, 0.15) is 56.5 Å². The van der Waals surface area contributed by atoms with Crippen LogP contribution >= 0.6 is 11.3 Å². The lowest BCUT2D eigenvalue weighted by Crippen LogP contribution is -2.20. The number of nitrogens with one attached hydrogen (secondary N) is 1. The number of esters is 1. The molecule has 8 nitrogen and oxygen atoms in total. The Kier molecular flexibility index (Phi) is 5.70. The highest BCUT2D eigenvalue weighted by Crippen LogP contribution is 2.34. The molecule has 26 heavy (non-hydrogen) atoms. The minimum atomic E-state index is -3.01. The number of ether oxygens (including phenoxy) is 1. The fourth-order valence-corrected chi connectivity index (χ4v) is 3.21. The molecular formula is C15H16F2N4O4S. The Balaban J connectivity index is 2.43. The number of hydrogen-bond acceptors (Lipinski definition) is 6. The molecule has 0 fully saturated rings. The molecule has 2 heterocycles. The first-order valence-corrected chi connectivity index (χ1v) is 8.22. The summed E-state index contributed by atoms with van der Waals surface area (Å²) in [5.74, 6) is -2.47. The number of alkyl halides is 2. The zero-order chi connectivity index (χ0) is 19.6. The van der Waals surface area contributed by atoms with Gasteiger partial charge in [-0.2, -0.15) is 18.6 Å². The second-order valence-corrected chi connectivity index (χ2v) is 6.49. The zero-order valence-electron chi connectivity index (χ0n) is 14.1. The van der Waals surface area contributed by atoms with Gasteiger partial charge in [0.25, 0.3) is 11.8 Å². The molecule has 0 aliphatic carbocycles. The van der Waals surface area contributed by atoms with E-state index in [9.17, 15) is 23.2 Å². The highest BCUT2D eigenvalue weighted by Gasteiger charge is 2.27. The molecule has 140 valence electrons. The molecule has 0 atom stereocenters. The lowest BCUT2D eigenvalue weighted by atomic mass is 10.1. The van der Waals surface area contributed by atoms with E-state index < -0.39 is 36.1 Å². The van der Waals surface area contributed by atoms with E-state index in [4.69, 9.17) is 10.5 Å². The molecule has 2 amide bonds. The molecule has 0 unspecified atom stereocenters. The first kappa shape index (κ1) is 19.5. The molecule has 3 N–H and O–H groups in total. The van der Waals surface area contributed by atoms with E-state index in [1.165, 1.54) is 6.92 Å². The molecule has 11 heteroatoms. The van der Waals surface area contributed by atoms with Gasteiger partial charge in [0.15, 0.2) is 0 Å². The molecule has 2 aromatic heterocycles. The van der Waals surface area contributed by atoms with Crippen LogP contribution in [0.15, 0.2) is 12.3 Å². The number of rotatable bonds is 6. The second kappa shape index (κ2) is 7.60. The van der Waals surface area contributed by atoms with Crippen molar-refractivity contribution in [3.8, 4) is 0 Å². The number of aromatic nitrogens is 2. The van der Waals surface area contributed by atoms with Gasteiger partial charge in [-0.05, 0) is 32.4 Å². The average Bonchev–Trinajstić information content (AvgIpc) is 3.11. The quantitative estimate of drug-likeness (QED) is 0.740. The number of thiophene rings is 1. The number of halogens is 2. The van der Waals surface area contributed by atoms with Crippen LogP contribution in [0.5, 0.6) is 0 Å². The summed E-state index contributed by atoms with van der Waals surface area (Å²) >= 11 is 0.765. The Morgan fingerprint density at radius 1 is 1.35 bits per heavy atom. The minimum absolute atomic E-state index is 0.0195. The Bertz CT molecular complexity index is 860. The van der Waals surface area contributed by atoms with Crippen molar-refractivity contribution in [1.82, 2.24) is 9.78 Å². The number of carbonyl (C=O) groups is 3. The zero-order valence-corrected chi connectivity index (χ0v) is 14.9. The largest absolute Gasteiger partial charge is 0.459 e. The third kappa shape index (κ3) is 3.87. The fourth-order valence-electron chi connectivity index (χ4n) is 2.17. The van der Waals surface area contributed by atoms with Crippen LogP contribution < -0.4 is 11.1 Å². The molecule has 0 aromatic carbocycles. The summed E-state index contributed by atoms with van der Waals surface area (Å²) in [7, 11) is 0. The standard InChI is InChI=1S/C15H16F2N4O4S/c1-6(2)25-14(24)9-7(3)10(11(18)22)26-13(9)20-12(23)8-4-5-19-21(8)15(16)17/h4-6,15H,1-3H3,(H2,18,22)(H,20,23). The third-order valence-corrected chi connectivity index (χ3v) is 4.45. The molecular weight excluding hydrogens is 370 g/mol. The number of amides is 2. The van der Waals surface area contributed by atoms with E-state index >= 15 is 0 Å². The number of nitrogens with two attached hydrogens (primary N) is 1. The van der Waals surface area contributed by atoms with Crippen LogP contribution in [-0.4, -0.2) is 33.7 Å².